The number of rotatable bonds is 2. The Kier molecular flexibility index (Phi) is 1.80. The standard InChI is InChI=1S/C10H19P/c1-10(2,3)11(8-4-5-8)9-6-7-9/h8-9H,4-7H2,1-3H3. The largest absolute Gasteiger partial charge is 0.0948 e. The van der Waals surface area contributed by atoms with E-state index in [1.165, 1.54) is 11.3 Å². The average Bonchev–Trinajstić information content (AvgIpc) is 2.50. The van der Waals surface area contributed by atoms with Crippen LogP contribution in [0.1, 0.15) is 46.5 Å². The highest BCUT2D eigenvalue weighted by atomic mass is 31.1. The van der Waals surface area contributed by atoms with Gasteiger partial charge in [-0.2, -0.15) is 0 Å². The van der Waals surface area contributed by atoms with Crippen LogP contribution in [0.2, 0.25) is 0 Å². The molecule has 1 heteroatoms. The van der Waals surface area contributed by atoms with Crippen LogP contribution >= 0.6 is 7.92 Å². The maximum Gasteiger partial charge on any atom is -0.0174 e. The Hall–Kier alpha value is 0.430. The predicted octanol–water partition coefficient (Wildman–Crippen LogP) is 3.59. The van der Waals surface area contributed by atoms with Gasteiger partial charge in [-0.3, -0.25) is 0 Å². The first-order valence-electron chi connectivity index (χ1n) is 4.87. The molecule has 0 aromatic rings. The summed E-state index contributed by atoms with van der Waals surface area (Å²) in [5.74, 6) is 0. The maximum atomic E-state index is 2.45. The van der Waals surface area contributed by atoms with Crippen molar-refractivity contribution >= 4 is 7.92 Å². The van der Waals surface area contributed by atoms with E-state index in [0.29, 0.717) is 13.1 Å². The van der Waals surface area contributed by atoms with E-state index in [1.807, 2.05) is 0 Å². The Balaban J connectivity index is 2.02. The highest BCUT2D eigenvalue weighted by Crippen LogP contribution is 2.70. The predicted molar refractivity (Wildman–Crippen MR) is 52.7 cm³/mol. The lowest BCUT2D eigenvalue weighted by Crippen LogP contribution is -2.16. The monoisotopic (exact) mass is 170 g/mol. The first-order chi connectivity index (χ1) is 5.09. The third kappa shape index (κ3) is 1.78. The second kappa shape index (κ2) is 2.46. The summed E-state index contributed by atoms with van der Waals surface area (Å²) >= 11 is 0. The van der Waals surface area contributed by atoms with E-state index in [9.17, 15) is 0 Å². The molecule has 0 aliphatic heterocycles. The van der Waals surface area contributed by atoms with Crippen molar-refractivity contribution in [2.45, 2.75) is 62.9 Å². The molecule has 0 aromatic carbocycles. The first-order valence-corrected chi connectivity index (χ1v) is 6.35. The zero-order chi connectivity index (χ0) is 8.06. The van der Waals surface area contributed by atoms with Crippen molar-refractivity contribution in [1.29, 1.82) is 0 Å². The molecular formula is C10H19P. The minimum absolute atomic E-state index is 0.403. The molecule has 2 aliphatic carbocycles. The molecule has 0 amide bonds. The molecule has 0 spiro atoms. The Morgan fingerprint density at radius 1 is 0.909 bits per heavy atom. The van der Waals surface area contributed by atoms with Crippen molar-refractivity contribution in [2.75, 3.05) is 0 Å². The molecule has 0 aromatic heterocycles. The highest BCUT2D eigenvalue weighted by molar-refractivity contribution is 7.61. The number of hydrogen-bond acceptors (Lipinski definition) is 0. The zero-order valence-corrected chi connectivity index (χ0v) is 8.82. The molecule has 2 fully saturated rings. The minimum atomic E-state index is 0.403. The molecule has 2 saturated carbocycles. The van der Waals surface area contributed by atoms with Crippen LogP contribution in [0, 0.1) is 0 Å². The summed E-state index contributed by atoms with van der Waals surface area (Å²) in [6, 6.07) is 0. The molecule has 0 nitrogen and oxygen atoms in total. The van der Waals surface area contributed by atoms with Gasteiger partial charge in [0.2, 0.25) is 0 Å². The van der Waals surface area contributed by atoms with Gasteiger partial charge in [-0.05, 0) is 42.2 Å². The first kappa shape index (κ1) is 8.05. The SMILES string of the molecule is CC(C)(C)P(C1CC1)C1CC1. The molecule has 0 radical (unpaired) electrons. The molecule has 0 atom stereocenters. The normalized spacial score (nSPS) is 26.2. The average molecular weight is 170 g/mol. The molecule has 2 rings (SSSR count). The topological polar surface area (TPSA) is 0 Å². The fraction of sp³-hybridized carbons (Fsp3) is 1.00. The van der Waals surface area contributed by atoms with Gasteiger partial charge >= 0.3 is 0 Å². The third-order valence-corrected chi connectivity index (χ3v) is 6.81. The summed E-state index contributed by atoms with van der Waals surface area (Å²) < 4.78 is 0. The molecule has 11 heavy (non-hydrogen) atoms. The van der Waals surface area contributed by atoms with Gasteiger partial charge in [-0.15, -0.1) is 0 Å². The van der Waals surface area contributed by atoms with Crippen molar-refractivity contribution < 1.29 is 0 Å². The molecule has 2 aliphatic rings. The summed E-state index contributed by atoms with van der Waals surface area (Å²) in [5, 5.41) is 0.650. The maximum absolute atomic E-state index is 2.45. The van der Waals surface area contributed by atoms with E-state index < -0.39 is 0 Å². The Morgan fingerprint density at radius 2 is 1.27 bits per heavy atom. The van der Waals surface area contributed by atoms with Crippen LogP contribution in [0.5, 0.6) is 0 Å². The molecule has 0 bridgehead atoms. The van der Waals surface area contributed by atoms with Crippen LogP contribution in [-0.4, -0.2) is 16.5 Å². The lowest BCUT2D eigenvalue weighted by Gasteiger charge is -2.31. The molecule has 64 valence electrons. The molecular weight excluding hydrogens is 151 g/mol. The third-order valence-electron chi connectivity index (χ3n) is 2.66. The van der Waals surface area contributed by atoms with Crippen LogP contribution < -0.4 is 0 Å². The quantitative estimate of drug-likeness (QED) is 0.555. The van der Waals surface area contributed by atoms with Crippen molar-refractivity contribution in [3.63, 3.8) is 0 Å². The number of hydrogen-bond donors (Lipinski definition) is 0. The van der Waals surface area contributed by atoms with Gasteiger partial charge in [0.15, 0.2) is 0 Å². The van der Waals surface area contributed by atoms with Crippen LogP contribution in [0.15, 0.2) is 0 Å². The molecule has 0 unspecified atom stereocenters. The van der Waals surface area contributed by atoms with E-state index >= 15 is 0 Å². The summed E-state index contributed by atoms with van der Waals surface area (Å²) in [5.41, 5.74) is 2.36. The smallest absolute Gasteiger partial charge is 0.0174 e. The van der Waals surface area contributed by atoms with Crippen molar-refractivity contribution in [1.82, 2.24) is 0 Å². The van der Waals surface area contributed by atoms with Gasteiger partial charge in [0.05, 0.1) is 0 Å². The van der Waals surface area contributed by atoms with Crippen LogP contribution in [0.3, 0.4) is 0 Å². The van der Waals surface area contributed by atoms with Crippen LogP contribution in [0.25, 0.3) is 0 Å². The van der Waals surface area contributed by atoms with E-state index in [0.717, 1.165) is 0 Å². The van der Waals surface area contributed by atoms with E-state index in [4.69, 9.17) is 0 Å². The van der Waals surface area contributed by atoms with Gasteiger partial charge in [0.1, 0.15) is 0 Å². The van der Waals surface area contributed by atoms with Gasteiger partial charge in [-0.25, -0.2) is 0 Å². The van der Waals surface area contributed by atoms with E-state index in [1.54, 1.807) is 25.7 Å². The Bertz CT molecular complexity index is 137. The second-order valence-corrected chi connectivity index (χ2v) is 8.66. The second-order valence-electron chi connectivity index (χ2n) is 5.04. The Labute approximate surface area is 71.5 Å². The Morgan fingerprint density at radius 3 is 1.45 bits per heavy atom. The fourth-order valence-electron chi connectivity index (χ4n) is 2.10. The van der Waals surface area contributed by atoms with Crippen LogP contribution in [0.4, 0.5) is 0 Å². The zero-order valence-electron chi connectivity index (χ0n) is 7.93. The van der Waals surface area contributed by atoms with Gasteiger partial charge in [0, 0.05) is 0 Å². The van der Waals surface area contributed by atoms with Gasteiger partial charge in [-0.1, -0.05) is 28.7 Å². The summed E-state index contributed by atoms with van der Waals surface area (Å²) in [4.78, 5) is 0. The van der Waals surface area contributed by atoms with E-state index in [2.05, 4.69) is 20.8 Å². The van der Waals surface area contributed by atoms with Gasteiger partial charge < -0.3 is 0 Å². The fourth-order valence-corrected chi connectivity index (χ4v) is 6.30. The lowest BCUT2D eigenvalue weighted by molar-refractivity contribution is 0.775. The minimum Gasteiger partial charge on any atom is -0.0948 e. The molecule has 0 N–H and O–H groups in total. The van der Waals surface area contributed by atoms with Crippen molar-refractivity contribution in [3.8, 4) is 0 Å². The summed E-state index contributed by atoms with van der Waals surface area (Å²) in [7, 11) is 0.403. The van der Waals surface area contributed by atoms with Gasteiger partial charge in [0.25, 0.3) is 0 Å². The van der Waals surface area contributed by atoms with Crippen LogP contribution in [-0.2, 0) is 0 Å². The highest BCUT2D eigenvalue weighted by Gasteiger charge is 2.46. The molecule has 0 heterocycles. The molecule has 0 saturated heterocycles. The summed E-state index contributed by atoms with van der Waals surface area (Å²) in [6.45, 7) is 7.36. The van der Waals surface area contributed by atoms with Crippen molar-refractivity contribution in [2.24, 2.45) is 0 Å². The van der Waals surface area contributed by atoms with E-state index in [-0.39, 0.29) is 0 Å². The van der Waals surface area contributed by atoms with Crippen molar-refractivity contribution in [3.05, 3.63) is 0 Å². The summed E-state index contributed by atoms with van der Waals surface area (Å²) in [6.07, 6.45) is 6.22. The lowest BCUT2D eigenvalue weighted by atomic mass is 10.3.